The van der Waals surface area contributed by atoms with Crippen molar-refractivity contribution in [3.63, 3.8) is 0 Å². The summed E-state index contributed by atoms with van der Waals surface area (Å²) in [6.45, 7) is 1.48. The van der Waals surface area contributed by atoms with Gasteiger partial charge in [-0.3, -0.25) is 14.6 Å². The summed E-state index contributed by atoms with van der Waals surface area (Å²) in [5, 5.41) is 0.594. The van der Waals surface area contributed by atoms with E-state index in [2.05, 4.69) is 4.98 Å². The lowest BCUT2D eigenvalue weighted by Gasteiger charge is -2.40. The topological polar surface area (TPSA) is 85.5 Å². The number of primary amides is 1. The Labute approximate surface area is 160 Å². The number of piperidine rings is 1. The average molecular weight is 394 g/mol. The standard InChI is InChI=1S/C18H20ClN3O3S/c19-13-2-1-3-14(8-13)25-11-18(9-16(20)23)4-6-22(7-5-18)17(24)15-10-21-12-26-15/h1-3,8,10,12H,4-7,9,11H2,(H2,20,23). The van der Waals surface area contributed by atoms with E-state index in [1.54, 1.807) is 28.7 Å². The molecule has 1 saturated heterocycles. The van der Waals surface area contributed by atoms with E-state index in [1.807, 2.05) is 12.1 Å². The third kappa shape index (κ3) is 4.53. The molecule has 1 aliphatic heterocycles. The Morgan fingerprint density at radius 2 is 2.12 bits per heavy atom. The molecule has 3 rings (SSSR count). The maximum Gasteiger partial charge on any atom is 0.265 e. The van der Waals surface area contributed by atoms with Gasteiger partial charge in [-0.05, 0) is 31.0 Å². The molecular formula is C18H20ClN3O3S. The molecule has 0 aliphatic carbocycles. The molecular weight excluding hydrogens is 374 g/mol. The molecule has 0 unspecified atom stereocenters. The Bertz CT molecular complexity index is 774. The quantitative estimate of drug-likeness (QED) is 0.817. The SMILES string of the molecule is NC(=O)CC1(COc2cccc(Cl)c2)CCN(C(=O)c2cncs2)CC1. The minimum atomic E-state index is -0.376. The van der Waals surface area contributed by atoms with Crippen molar-refractivity contribution in [3.8, 4) is 5.75 Å². The number of thiazole rings is 1. The van der Waals surface area contributed by atoms with Crippen LogP contribution in [0.15, 0.2) is 36.0 Å². The zero-order valence-electron chi connectivity index (χ0n) is 14.2. The van der Waals surface area contributed by atoms with Crippen molar-refractivity contribution >= 4 is 34.8 Å². The minimum absolute atomic E-state index is 0.0177. The number of hydrogen-bond donors (Lipinski definition) is 1. The number of carbonyl (C=O) groups is 2. The first-order valence-electron chi connectivity index (χ1n) is 8.32. The van der Waals surface area contributed by atoms with Gasteiger partial charge in [-0.1, -0.05) is 17.7 Å². The third-order valence-corrected chi connectivity index (χ3v) is 5.64. The second-order valence-electron chi connectivity index (χ2n) is 6.55. The molecule has 8 heteroatoms. The lowest BCUT2D eigenvalue weighted by atomic mass is 9.76. The van der Waals surface area contributed by atoms with Crippen LogP contribution in [0.25, 0.3) is 0 Å². The highest BCUT2D eigenvalue weighted by atomic mass is 35.5. The van der Waals surface area contributed by atoms with E-state index < -0.39 is 0 Å². The van der Waals surface area contributed by atoms with Crippen molar-refractivity contribution in [2.45, 2.75) is 19.3 Å². The van der Waals surface area contributed by atoms with Gasteiger partial charge in [-0.25, -0.2) is 0 Å². The summed E-state index contributed by atoms with van der Waals surface area (Å²) < 4.78 is 5.89. The Morgan fingerprint density at radius 1 is 1.35 bits per heavy atom. The summed E-state index contributed by atoms with van der Waals surface area (Å²) in [5.41, 5.74) is 6.74. The zero-order valence-corrected chi connectivity index (χ0v) is 15.8. The molecule has 1 aromatic heterocycles. The second-order valence-corrected chi connectivity index (χ2v) is 7.87. The van der Waals surface area contributed by atoms with Crippen molar-refractivity contribution in [1.29, 1.82) is 0 Å². The molecule has 2 amide bonds. The van der Waals surface area contributed by atoms with Crippen molar-refractivity contribution < 1.29 is 14.3 Å². The van der Waals surface area contributed by atoms with E-state index in [-0.39, 0.29) is 23.7 Å². The Hall–Kier alpha value is -2.12. The largest absolute Gasteiger partial charge is 0.493 e. The van der Waals surface area contributed by atoms with Crippen molar-refractivity contribution in [1.82, 2.24) is 9.88 Å². The summed E-state index contributed by atoms with van der Waals surface area (Å²) >= 11 is 7.32. The minimum Gasteiger partial charge on any atom is -0.493 e. The van der Waals surface area contributed by atoms with Crippen LogP contribution in [0, 0.1) is 5.41 Å². The average Bonchev–Trinajstić information content (AvgIpc) is 3.14. The predicted octanol–water partition coefficient (Wildman–Crippen LogP) is 2.97. The van der Waals surface area contributed by atoms with Gasteiger partial charge in [0.05, 0.1) is 18.3 Å². The lowest BCUT2D eigenvalue weighted by molar-refractivity contribution is -0.121. The third-order valence-electron chi connectivity index (χ3n) is 4.64. The normalized spacial score (nSPS) is 16.3. The van der Waals surface area contributed by atoms with Crippen molar-refractivity contribution in [3.05, 3.63) is 45.9 Å². The first-order chi connectivity index (χ1) is 12.5. The molecule has 2 N–H and O–H groups in total. The smallest absolute Gasteiger partial charge is 0.265 e. The Kier molecular flexibility index (Phi) is 5.78. The van der Waals surface area contributed by atoms with E-state index in [9.17, 15) is 9.59 Å². The number of hydrogen-bond acceptors (Lipinski definition) is 5. The Balaban J connectivity index is 1.65. The van der Waals surface area contributed by atoms with E-state index in [0.717, 1.165) is 0 Å². The van der Waals surface area contributed by atoms with Crippen LogP contribution in [0.4, 0.5) is 0 Å². The number of carbonyl (C=O) groups excluding carboxylic acids is 2. The van der Waals surface area contributed by atoms with Gasteiger partial charge in [0.25, 0.3) is 5.91 Å². The molecule has 1 aliphatic rings. The van der Waals surface area contributed by atoms with Crippen LogP contribution in [0.5, 0.6) is 5.75 Å². The number of nitrogens with two attached hydrogens (primary N) is 1. The van der Waals surface area contributed by atoms with Crippen LogP contribution < -0.4 is 10.5 Å². The molecule has 0 radical (unpaired) electrons. The highest BCUT2D eigenvalue weighted by molar-refractivity contribution is 7.11. The number of likely N-dealkylation sites (tertiary alicyclic amines) is 1. The Morgan fingerprint density at radius 3 is 2.73 bits per heavy atom. The van der Waals surface area contributed by atoms with Gasteiger partial charge in [0.2, 0.25) is 5.91 Å². The number of halogens is 1. The van der Waals surface area contributed by atoms with Gasteiger partial charge in [-0.15, -0.1) is 11.3 Å². The van der Waals surface area contributed by atoms with Crippen molar-refractivity contribution in [2.75, 3.05) is 19.7 Å². The molecule has 1 aromatic carbocycles. The molecule has 6 nitrogen and oxygen atoms in total. The summed E-state index contributed by atoms with van der Waals surface area (Å²) in [5.74, 6) is 0.280. The fraction of sp³-hybridized carbons (Fsp3) is 0.389. The van der Waals surface area contributed by atoms with E-state index in [4.69, 9.17) is 22.1 Å². The van der Waals surface area contributed by atoms with Crippen LogP contribution in [-0.2, 0) is 4.79 Å². The van der Waals surface area contributed by atoms with Gasteiger partial charge in [-0.2, -0.15) is 0 Å². The first-order valence-corrected chi connectivity index (χ1v) is 9.58. The molecule has 2 heterocycles. The van der Waals surface area contributed by atoms with E-state index in [0.29, 0.717) is 48.2 Å². The van der Waals surface area contributed by atoms with Crippen LogP contribution in [0.3, 0.4) is 0 Å². The van der Waals surface area contributed by atoms with Crippen LogP contribution >= 0.6 is 22.9 Å². The predicted molar refractivity (Wildman–Crippen MR) is 100 cm³/mol. The summed E-state index contributed by atoms with van der Waals surface area (Å²) in [4.78, 5) is 30.4. The number of nitrogens with zero attached hydrogens (tertiary/aromatic N) is 2. The molecule has 0 bridgehead atoms. The molecule has 2 aromatic rings. The monoisotopic (exact) mass is 393 g/mol. The maximum atomic E-state index is 12.5. The molecule has 26 heavy (non-hydrogen) atoms. The van der Waals surface area contributed by atoms with Crippen LogP contribution in [0.1, 0.15) is 28.9 Å². The second kappa shape index (κ2) is 8.05. The van der Waals surface area contributed by atoms with Gasteiger partial charge >= 0.3 is 0 Å². The highest BCUT2D eigenvalue weighted by Crippen LogP contribution is 2.36. The highest BCUT2D eigenvalue weighted by Gasteiger charge is 2.38. The van der Waals surface area contributed by atoms with Gasteiger partial charge in [0.1, 0.15) is 10.6 Å². The first kappa shape index (κ1) is 18.7. The summed E-state index contributed by atoms with van der Waals surface area (Å²) in [7, 11) is 0. The maximum absolute atomic E-state index is 12.5. The van der Waals surface area contributed by atoms with Crippen LogP contribution in [0.2, 0.25) is 5.02 Å². The summed E-state index contributed by atoms with van der Waals surface area (Å²) in [6.07, 6.45) is 3.12. The van der Waals surface area contributed by atoms with Gasteiger partial charge in [0, 0.05) is 29.9 Å². The summed E-state index contributed by atoms with van der Waals surface area (Å²) in [6, 6.07) is 7.15. The van der Waals surface area contributed by atoms with Gasteiger partial charge in [0.15, 0.2) is 0 Å². The van der Waals surface area contributed by atoms with E-state index in [1.165, 1.54) is 11.3 Å². The van der Waals surface area contributed by atoms with Gasteiger partial charge < -0.3 is 15.4 Å². The molecule has 0 saturated carbocycles. The molecule has 0 atom stereocenters. The number of rotatable bonds is 6. The molecule has 138 valence electrons. The molecule has 0 spiro atoms. The van der Waals surface area contributed by atoms with Crippen LogP contribution in [-0.4, -0.2) is 41.4 Å². The van der Waals surface area contributed by atoms with Crippen molar-refractivity contribution in [2.24, 2.45) is 11.1 Å². The molecule has 1 fully saturated rings. The lowest BCUT2D eigenvalue weighted by Crippen LogP contribution is -2.46. The number of benzene rings is 1. The fourth-order valence-electron chi connectivity index (χ4n) is 3.20. The van der Waals surface area contributed by atoms with E-state index >= 15 is 0 Å². The number of amides is 2. The number of ether oxygens (including phenoxy) is 1. The zero-order chi connectivity index (χ0) is 18.6. The number of aromatic nitrogens is 1. The fourth-order valence-corrected chi connectivity index (χ4v) is 3.96.